The van der Waals surface area contributed by atoms with Gasteiger partial charge in [-0.3, -0.25) is 4.79 Å². The number of Topliss-reactive ketones (excluding diaryl/α,β-unsaturated/α-hetero) is 1. The lowest BCUT2D eigenvalue weighted by Gasteiger charge is -2.28. The molecule has 2 rings (SSSR count). The van der Waals surface area contributed by atoms with Gasteiger partial charge in [-0.05, 0) is 38.1 Å². The number of benzene rings is 1. The van der Waals surface area contributed by atoms with Crippen LogP contribution in [-0.2, 0) is 4.79 Å². The molecule has 1 N–H and O–H groups in total. The van der Waals surface area contributed by atoms with Crippen molar-refractivity contribution in [1.29, 1.82) is 0 Å². The molecule has 0 aliphatic carbocycles. The Bertz CT molecular complexity index is 680. The van der Waals surface area contributed by atoms with E-state index in [1.807, 2.05) is 0 Å². The number of amides is 2. The Morgan fingerprint density at radius 1 is 1.26 bits per heavy atom. The lowest BCUT2D eigenvalue weighted by molar-refractivity contribution is -0.789. The zero-order valence-electron chi connectivity index (χ0n) is 13.1. The second-order valence-electron chi connectivity index (χ2n) is 5.87. The fourth-order valence-electron chi connectivity index (χ4n) is 2.98. The number of quaternary nitrogens is 1. The number of carbonyl (C=O) groups excluding carboxylic acids is 2. The third kappa shape index (κ3) is 3.28. The third-order valence-corrected chi connectivity index (χ3v) is 4.95. The van der Waals surface area contributed by atoms with Gasteiger partial charge in [0.2, 0.25) is 0 Å². The van der Waals surface area contributed by atoms with Crippen LogP contribution >= 0.6 is 15.9 Å². The predicted molar refractivity (Wildman–Crippen MR) is 89.1 cm³/mol. The van der Waals surface area contributed by atoms with Gasteiger partial charge in [0.25, 0.3) is 0 Å². The van der Waals surface area contributed by atoms with Crippen LogP contribution in [0.4, 0.5) is 4.79 Å². The van der Waals surface area contributed by atoms with Crippen molar-refractivity contribution in [1.82, 2.24) is 0 Å². The molecule has 1 saturated heterocycles. The van der Waals surface area contributed by atoms with E-state index in [2.05, 4.69) is 15.9 Å². The van der Waals surface area contributed by atoms with E-state index >= 15 is 0 Å². The van der Waals surface area contributed by atoms with Crippen LogP contribution in [0.2, 0.25) is 0 Å². The van der Waals surface area contributed by atoms with Gasteiger partial charge in [0.15, 0.2) is 5.78 Å². The molecule has 1 heterocycles. The van der Waals surface area contributed by atoms with Gasteiger partial charge < -0.3 is 5.11 Å². The largest absolute Gasteiger partial charge is 0.521 e. The molecular weight excluding hydrogens is 362 g/mol. The number of carbonyl (C=O) groups is 3. The van der Waals surface area contributed by atoms with Crippen LogP contribution in [0.15, 0.2) is 40.4 Å². The van der Waals surface area contributed by atoms with Gasteiger partial charge in [-0.1, -0.05) is 15.9 Å². The molecule has 1 aliphatic rings. The van der Waals surface area contributed by atoms with Crippen LogP contribution in [0.3, 0.4) is 0 Å². The van der Waals surface area contributed by atoms with E-state index < -0.39 is 16.5 Å². The predicted octanol–water partition coefficient (Wildman–Crippen LogP) is 3.78. The standard InChI is InChI=1S/C17H18BrNO4/c1-11(16(21)13-5-7-14(18)8-6-13)10-15(20)19(17(22)23)9-3-4-12(19)2/h5-8,10,12H,3-4,9H2,1-2H3/p+1/t12-,19?/m1/s1. The molecule has 0 radical (unpaired) electrons. The average molecular weight is 381 g/mol. The van der Waals surface area contributed by atoms with Crippen molar-refractivity contribution in [2.75, 3.05) is 6.54 Å². The second kappa shape index (κ2) is 6.76. The van der Waals surface area contributed by atoms with Crippen molar-refractivity contribution in [3.05, 3.63) is 46.0 Å². The zero-order chi connectivity index (χ0) is 17.2. The maximum absolute atomic E-state index is 12.6. The van der Waals surface area contributed by atoms with Crippen LogP contribution in [0.1, 0.15) is 37.0 Å². The van der Waals surface area contributed by atoms with E-state index in [-0.39, 0.29) is 23.9 Å². The summed E-state index contributed by atoms with van der Waals surface area (Å²) in [7, 11) is 0. The number of ketones is 1. The number of nitrogens with zero attached hydrogens (tertiary/aromatic N) is 1. The maximum Gasteiger partial charge on any atom is 0.521 e. The summed E-state index contributed by atoms with van der Waals surface area (Å²) in [5.74, 6) is -0.813. The van der Waals surface area contributed by atoms with Crippen LogP contribution in [0.25, 0.3) is 0 Å². The lowest BCUT2D eigenvalue weighted by atomic mass is 10.0. The summed E-state index contributed by atoms with van der Waals surface area (Å²) < 4.78 is 0.235. The number of carboxylic acid groups (broad SMARTS) is 1. The van der Waals surface area contributed by atoms with Gasteiger partial charge in [0.1, 0.15) is 6.04 Å². The molecule has 1 fully saturated rings. The number of halogens is 1. The van der Waals surface area contributed by atoms with Gasteiger partial charge in [-0.25, -0.2) is 4.79 Å². The van der Waals surface area contributed by atoms with Crippen molar-refractivity contribution >= 4 is 33.7 Å². The molecular formula is C17H19BrNO4+. The quantitative estimate of drug-likeness (QED) is 0.491. The molecule has 5 nitrogen and oxygen atoms in total. The van der Waals surface area contributed by atoms with Crippen LogP contribution < -0.4 is 0 Å². The smallest absolute Gasteiger partial charge is 0.435 e. The minimum absolute atomic E-state index is 0.246. The van der Waals surface area contributed by atoms with Crippen molar-refractivity contribution in [2.24, 2.45) is 0 Å². The first-order valence-electron chi connectivity index (χ1n) is 7.43. The monoisotopic (exact) mass is 380 g/mol. The summed E-state index contributed by atoms with van der Waals surface area (Å²) >= 11 is 3.30. The molecule has 2 atom stereocenters. The van der Waals surface area contributed by atoms with E-state index in [1.165, 1.54) is 6.08 Å². The highest BCUT2D eigenvalue weighted by molar-refractivity contribution is 9.10. The van der Waals surface area contributed by atoms with Crippen LogP contribution in [-0.4, -0.2) is 40.0 Å². The van der Waals surface area contributed by atoms with Crippen molar-refractivity contribution in [3.63, 3.8) is 0 Å². The van der Waals surface area contributed by atoms with E-state index in [0.29, 0.717) is 18.4 Å². The van der Waals surface area contributed by atoms with Crippen molar-refractivity contribution < 1.29 is 24.0 Å². The van der Waals surface area contributed by atoms with Gasteiger partial charge in [-0.2, -0.15) is 9.28 Å². The molecule has 122 valence electrons. The van der Waals surface area contributed by atoms with E-state index in [1.54, 1.807) is 38.1 Å². The minimum Gasteiger partial charge on any atom is -0.435 e. The molecule has 0 bridgehead atoms. The third-order valence-electron chi connectivity index (χ3n) is 4.42. The number of allylic oxidation sites excluding steroid dienone is 1. The van der Waals surface area contributed by atoms with E-state index in [9.17, 15) is 19.5 Å². The molecule has 23 heavy (non-hydrogen) atoms. The summed E-state index contributed by atoms with van der Waals surface area (Å²) in [6, 6.07) is 6.53. The fraction of sp³-hybridized carbons (Fsp3) is 0.353. The highest BCUT2D eigenvalue weighted by Gasteiger charge is 2.52. The summed E-state index contributed by atoms with van der Waals surface area (Å²) in [5.41, 5.74) is 0.710. The topological polar surface area (TPSA) is 71.4 Å². The number of imide groups is 1. The first-order chi connectivity index (χ1) is 10.8. The molecule has 1 aromatic rings. The number of likely N-dealkylation sites (tertiary alicyclic amines) is 1. The van der Waals surface area contributed by atoms with E-state index in [4.69, 9.17) is 0 Å². The van der Waals surface area contributed by atoms with Crippen molar-refractivity contribution in [2.45, 2.75) is 32.7 Å². The summed E-state index contributed by atoms with van der Waals surface area (Å²) in [5, 5.41) is 9.54. The molecule has 1 aliphatic heterocycles. The molecule has 0 spiro atoms. The number of hydrogen-bond donors (Lipinski definition) is 1. The average Bonchev–Trinajstić information content (AvgIpc) is 2.90. The Hall–Kier alpha value is -1.79. The second-order valence-corrected chi connectivity index (χ2v) is 6.78. The molecule has 2 amide bonds. The van der Waals surface area contributed by atoms with Crippen LogP contribution in [0, 0.1) is 0 Å². The summed E-state index contributed by atoms with van der Waals surface area (Å²) in [6.07, 6.45) is 1.40. The Morgan fingerprint density at radius 3 is 2.35 bits per heavy atom. The minimum atomic E-state index is -1.15. The fourth-order valence-corrected chi connectivity index (χ4v) is 3.24. The van der Waals surface area contributed by atoms with Gasteiger partial charge >= 0.3 is 12.0 Å². The molecule has 1 unspecified atom stereocenters. The number of rotatable bonds is 3. The Morgan fingerprint density at radius 2 is 1.87 bits per heavy atom. The Labute approximate surface area is 143 Å². The normalized spacial score (nSPS) is 24.5. The Kier molecular flexibility index (Phi) is 5.16. The summed E-state index contributed by atoms with van der Waals surface area (Å²) in [6.45, 7) is 3.58. The lowest BCUT2D eigenvalue weighted by Crippen LogP contribution is -2.58. The van der Waals surface area contributed by atoms with Gasteiger partial charge in [0, 0.05) is 28.5 Å². The molecule has 6 heteroatoms. The highest BCUT2D eigenvalue weighted by Crippen LogP contribution is 2.28. The molecule has 0 aromatic heterocycles. The number of hydrogen-bond acceptors (Lipinski definition) is 3. The maximum atomic E-state index is 12.6. The highest BCUT2D eigenvalue weighted by atomic mass is 79.9. The van der Waals surface area contributed by atoms with Crippen LogP contribution in [0.5, 0.6) is 0 Å². The first-order valence-corrected chi connectivity index (χ1v) is 8.22. The van der Waals surface area contributed by atoms with E-state index in [0.717, 1.165) is 4.47 Å². The van der Waals surface area contributed by atoms with Gasteiger partial charge in [0.05, 0.1) is 12.6 Å². The van der Waals surface area contributed by atoms with Gasteiger partial charge in [-0.15, -0.1) is 0 Å². The summed E-state index contributed by atoms with van der Waals surface area (Å²) in [4.78, 5) is 36.6. The SMILES string of the molecule is CC(=CC(=O)[N+]1(C(=O)O)CCC[C@H]1C)C(=O)c1ccc(Br)cc1. The van der Waals surface area contributed by atoms with Crippen molar-refractivity contribution in [3.8, 4) is 0 Å². The molecule has 0 saturated carbocycles. The molecule has 1 aromatic carbocycles. The zero-order valence-corrected chi connectivity index (χ0v) is 14.7. The Balaban J connectivity index is 2.29. The first kappa shape index (κ1) is 17.6.